The highest BCUT2D eigenvalue weighted by molar-refractivity contribution is 7.07. The number of aromatic nitrogens is 1. The van der Waals surface area contributed by atoms with Crippen molar-refractivity contribution in [1.82, 2.24) is 4.57 Å². The Balaban J connectivity index is 1.52. The third-order valence-corrected chi connectivity index (χ3v) is 7.62. The Hall–Kier alpha value is -4.83. The Morgan fingerprint density at radius 2 is 1.76 bits per heavy atom. The summed E-state index contributed by atoms with van der Waals surface area (Å²) in [7, 11) is 0. The van der Waals surface area contributed by atoms with Crippen LogP contribution >= 0.6 is 11.3 Å². The molecule has 3 aromatic carbocycles. The van der Waals surface area contributed by atoms with Crippen molar-refractivity contribution >= 4 is 29.1 Å². The molecule has 0 radical (unpaired) electrons. The number of nitrogens with zero attached hydrogens (tertiary/aromatic N) is 3. The van der Waals surface area contributed by atoms with Crippen molar-refractivity contribution in [2.45, 2.75) is 33.4 Å². The second-order valence-corrected chi connectivity index (χ2v) is 10.4. The van der Waals surface area contributed by atoms with Crippen LogP contribution in [0.5, 0.6) is 11.5 Å². The molecule has 0 saturated heterocycles. The summed E-state index contributed by atoms with van der Waals surface area (Å²) in [5.41, 5.74) is 3.38. The number of hydrogen-bond acceptors (Lipinski definition) is 9. The van der Waals surface area contributed by atoms with E-state index in [0.717, 1.165) is 16.7 Å². The molecule has 1 aliphatic rings. The van der Waals surface area contributed by atoms with E-state index in [2.05, 4.69) is 10.2 Å². The van der Waals surface area contributed by atoms with Crippen LogP contribution in [0.4, 0.5) is 5.69 Å². The van der Waals surface area contributed by atoms with Gasteiger partial charge in [-0.1, -0.05) is 59.9 Å². The summed E-state index contributed by atoms with van der Waals surface area (Å²) in [5, 5.41) is 2.92. The highest BCUT2D eigenvalue weighted by atomic mass is 32.1. The highest BCUT2D eigenvalue weighted by Gasteiger charge is 2.33. The number of nitroso groups, excluding NO2 is 1. The van der Waals surface area contributed by atoms with E-state index in [1.807, 2.05) is 49.4 Å². The zero-order valence-electron chi connectivity index (χ0n) is 23.4. The number of esters is 1. The van der Waals surface area contributed by atoms with Crippen molar-refractivity contribution in [2.75, 3.05) is 13.2 Å². The lowest BCUT2D eigenvalue weighted by Gasteiger charge is -2.24. The van der Waals surface area contributed by atoms with Gasteiger partial charge in [0.25, 0.3) is 5.56 Å². The fraction of sp³-hybridized carbons (Fsp3) is 0.219. The van der Waals surface area contributed by atoms with E-state index in [-0.39, 0.29) is 18.8 Å². The molecule has 0 fully saturated rings. The fourth-order valence-corrected chi connectivity index (χ4v) is 5.76. The molecule has 0 amide bonds. The van der Waals surface area contributed by atoms with E-state index in [9.17, 15) is 14.5 Å². The largest absolute Gasteiger partial charge is 0.490 e. The number of allylic oxidation sites excluding steroid dienone is 1. The van der Waals surface area contributed by atoms with E-state index in [0.29, 0.717) is 44.4 Å². The van der Waals surface area contributed by atoms with E-state index in [4.69, 9.17) is 14.2 Å². The molecule has 5 rings (SSSR count). The predicted octanol–water partition coefficient (Wildman–Crippen LogP) is 5.17. The molecule has 214 valence electrons. The van der Waals surface area contributed by atoms with Gasteiger partial charge in [0.05, 0.1) is 35.1 Å². The zero-order valence-corrected chi connectivity index (χ0v) is 24.2. The standard InChI is InChI=1S/C32H29N3O6S/c1-4-39-26-17-22(13-16-25(26)41-19-21-11-14-24(34-38)15-12-21)18-27-30(36)35-29(23-9-7-6-8-10-23)28(31(37)40-5-2)20(3)33-32(35)42-27/h6-18,29H,4-5,19H2,1-3H3/b27-18-. The van der Waals surface area contributed by atoms with Gasteiger partial charge in [0.2, 0.25) is 0 Å². The van der Waals surface area contributed by atoms with Crippen LogP contribution in [0.25, 0.3) is 6.08 Å². The van der Waals surface area contributed by atoms with E-state index >= 15 is 0 Å². The monoisotopic (exact) mass is 583 g/mol. The average molecular weight is 584 g/mol. The maximum absolute atomic E-state index is 13.8. The second kappa shape index (κ2) is 12.8. The summed E-state index contributed by atoms with van der Waals surface area (Å²) in [6, 6.07) is 21.0. The molecule has 0 N–H and O–H groups in total. The Labute approximate surface area is 246 Å². The van der Waals surface area contributed by atoms with Crippen LogP contribution in [-0.4, -0.2) is 23.8 Å². The summed E-state index contributed by atoms with van der Waals surface area (Å²) in [5.74, 6) is 0.592. The number of fused-ring (bicyclic) bond motifs is 1. The van der Waals surface area contributed by atoms with E-state index < -0.39 is 12.0 Å². The van der Waals surface area contributed by atoms with Gasteiger partial charge in [-0.25, -0.2) is 9.79 Å². The number of hydrogen-bond donors (Lipinski definition) is 0. The normalized spacial score (nSPS) is 14.6. The molecule has 0 bridgehead atoms. The van der Waals surface area contributed by atoms with Crippen molar-refractivity contribution in [3.8, 4) is 11.5 Å². The van der Waals surface area contributed by atoms with Crippen LogP contribution in [0, 0.1) is 4.91 Å². The maximum atomic E-state index is 13.8. The van der Waals surface area contributed by atoms with Crippen molar-refractivity contribution in [3.63, 3.8) is 0 Å². The number of carbonyl (C=O) groups is 1. The molecule has 0 saturated carbocycles. The van der Waals surface area contributed by atoms with Crippen LogP contribution in [0.1, 0.15) is 43.5 Å². The van der Waals surface area contributed by atoms with Gasteiger partial charge in [-0.15, -0.1) is 4.91 Å². The minimum atomic E-state index is -0.658. The summed E-state index contributed by atoms with van der Waals surface area (Å²) in [6.45, 7) is 6.31. The zero-order chi connectivity index (χ0) is 29.6. The molecular formula is C32H29N3O6S. The first-order chi connectivity index (χ1) is 20.4. The molecule has 2 heterocycles. The van der Waals surface area contributed by atoms with Crippen LogP contribution in [-0.2, 0) is 16.1 Å². The first-order valence-electron chi connectivity index (χ1n) is 13.5. The van der Waals surface area contributed by atoms with Gasteiger partial charge in [-0.05, 0) is 73.0 Å². The molecule has 0 spiro atoms. The molecule has 10 heteroatoms. The minimum absolute atomic E-state index is 0.216. The SMILES string of the molecule is CCOC(=O)C1=C(C)N=c2s/c(=C\c3ccc(OCc4ccc(N=O)cc4)c(OCC)c3)c(=O)n2C1c1ccccc1. The Bertz CT molecular complexity index is 1820. The predicted molar refractivity (Wildman–Crippen MR) is 161 cm³/mol. The fourth-order valence-electron chi connectivity index (χ4n) is 4.71. The highest BCUT2D eigenvalue weighted by Crippen LogP contribution is 2.31. The average Bonchev–Trinajstić information content (AvgIpc) is 3.30. The number of carbonyl (C=O) groups excluding carboxylic acids is 1. The smallest absolute Gasteiger partial charge is 0.338 e. The summed E-state index contributed by atoms with van der Waals surface area (Å²) in [4.78, 5) is 42.7. The van der Waals surface area contributed by atoms with Crippen LogP contribution in [0.2, 0.25) is 0 Å². The molecule has 1 unspecified atom stereocenters. The number of ether oxygens (including phenoxy) is 3. The molecule has 42 heavy (non-hydrogen) atoms. The Kier molecular flexibility index (Phi) is 8.73. The first kappa shape index (κ1) is 28.7. The molecular weight excluding hydrogens is 554 g/mol. The van der Waals surface area contributed by atoms with Crippen LogP contribution in [0.3, 0.4) is 0 Å². The van der Waals surface area contributed by atoms with Gasteiger partial charge < -0.3 is 14.2 Å². The molecule has 1 aliphatic heterocycles. The van der Waals surface area contributed by atoms with E-state index in [1.165, 1.54) is 11.3 Å². The molecule has 1 atom stereocenters. The minimum Gasteiger partial charge on any atom is -0.490 e. The quantitative estimate of drug-likeness (QED) is 0.188. The van der Waals surface area contributed by atoms with Crippen molar-refractivity contribution in [1.29, 1.82) is 0 Å². The van der Waals surface area contributed by atoms with Crippen LogP contribution in [0.15, 0.2) is 99.0 Å². The van der Waals surface area contributed by atoms with E-state index in [1.54, 1.807) is 54.8 Å². The second-order valence-electron chi connectivity index (χ2n) is 9.40. The van der Waals surface area contributed by atoms with Gasteiger partial charge in [-0.2, -0.15) is 0 Å². The lowest BCUT2D eigenvalue weighted by molar-refractivity contribution is -0.139. The van der Waals surface area contributed by atoms with Crippen molar-refractivity contribution in [2.24, 2.45) is 10.2 Å². The van der Waals surface area contributed by atoms with Crippen molar-refractivity contribution in [3.05, 3.63) is 125 Å². The third kappa shape index (κ3) is 5.94. The Morgan fingerprint density at radius 1 is 1.00 bits per heavy atom. The van der Waals surface area contributed by atoms with Gasteiger partial charge in [0.1, 0.15) is 12.3 Å². The van der Waals surface area contributed by atoms with Crippen LogP contribution < -0.4 is 24.4 Å². The lowest BCUT2D eigenvalue weighted by atomic mass is 9.96. The van der Waals surface area contributed by atoms with Crippen molar-refractivity contribution < 1.29 is 19.0 Å². The van der Waals surface area contributed by atoms with Gasteiger partial charge in [-0.3, -0.25) is 9.36 Å². The molecule has 9 nitrogen and oxygen atoms in total. The number of rotatable bonds is 10. The molecule has 1 aromatic heterocycles. The molecule has 4 aromatic rings. The van der Waals surface area contributed by atoms with Gasteiger partial charge in [0, 0.05) is 0 Å². The third-order valence-electron chi connectivity index (χ3n) is 6.63. The topological polar surface area (TPSA) is 109 Å². The lowest BCUT2D eigenvalue weighted by Crippen LogP contribution is -2.39. The Morgan fingerprint density at radius 3 is 2.45 bits per heavy atom. The summed E-state index contributed by atoms with van der Waals surface area (Å²) < 4.78 is 19.2. The first-order valence-corrected chi connectivity index (χ1v) is 14.3. The summed E-state index contributed by atoms with van der Waals surface area (Å²) in [6.07, 6.45) is 1.78. The van der Waals surface area contributed by atoms with Gasteiger partial charge >= 0.3 is 5.97 Å². The van der Waals surface area contributed by atoms with Gasteiger partial charge in [0.15, 0.2) is 16.3 Å². The number of thiazole rings is 1. The molecule has 0 aliphatic carbocycles. The number of benzene rings is 3. The maximum Gasteiger partial charge on any atom is 0.338 e. The summed E-state index contributed by atoms with van der Waals surface area (Å²) >= 11 is 1.26.